The van der Waals surface area contributed by atoms with Gasteiger partial charge in [-0.2, -0.15) is 0 Å². The maximum atomic E-state index is 13.3. The summed E-state index contributed by atoms with van der Waals surface area (Å²) in [5.41, 5.74) is 2.41. The zero-order valence-electron chi connectivity index (χ0n) is 22.3. The second-order valence-corrected chi connectivity index (χ2v) is 11.5. The van der Waals surface area contributed by atoms with Crippen molar-refractivity contribution in [2.45, 2.75) is 17.8 Å². The summed E-state index contributed by atoms with van der Waals surface area (Å²) in [6.07, 6.45) is 1.61. The van der Waals surface area contributed by atoms with E-state index in [1.54, 1.807) is 6.26 Å². The molecule has 0 unspecified atom stereocenters. The molecule has 0 bridgehead atoms. The van der Waals surface area contributed by atoms with E-state index < -0.39 is 0 Å². The number of carbonyl (C=O) groups is 1. The first-order chi connectivity index (χ1) is 20.1. The van der Waals surface area contributed by atoms with Crippen LogP contribution >= 0.6 is 34.7 Å². The Balaban J connectivity index is 1.12. The van der Waals surface area contributed by atoms with E-state index in [0.717, 1.165) is 35.2 Å². The molecule has 0 saturated carbocycles. The van der Waals surface area contributed by atoms with Crippen molar-refractivity contribution in [3.8, 4) is 23.0 Å². The SMILES string of the molecule is CCOc1ccccc1N1CCN(C(=O)c2csc(CSc3nnc(-c4ccco4)n3-c3ccc(Cl)cc3)n2)CC1. The third-order valence-electron chi connectivity index (χ3n) is 6.63. The van der Waals surface area contributed by atoms with Crippen LogP contribution in [0.15, 0.2) is 81.9 Å². The second-order valence-electron chi connectivity index (χ2n) is 9.19. The van der Waals surface area contributed by atoms with E-state index in [1.807, 2.05) is 76.4 Å². The van der Waals surface area contributed by atoms with Crippen LogP contribution in [0, 0.1) is 0 Å². The van der Waals surface area contributed by atoms with Crippen LogP contribution in [-0.2, 0) is 5.75 Å². The van der Waals surface area contributed by atoms with E-state index in [-0.39, 0.29) is 5.91 Å². The number of amides is 1. The van der Waals surface area contributed by atoms with E-state index in [4.69, 9.17) is 20.8 Å². The molecule has 0 N–H and O–H groups in total. The highest BCUT2D eigenvalue weighted by Gasteiger charge is 2.26. The first-order valence-electron chi connectivity index (χ1n) is 13.2. The van der Waals surface area contributed by atoms with Crippen LogP contribution in [0.2, 0.25) is 5.02 Å². The molecule has 1 saturated heterocycles. The van der Waals surface area contributed by atoms with Gasteiger partial charge in [-0.3, -0.25) is 9.36 Å². The summed E-state index contributed by atoms with van der Waals surface area (Å²) in [6, 6.07) is 19.2. The number of halogens is 1. The van der Waals surface area contributed by atoms with Gasteiger partial charge in [0.05, 0.1) is 24.3 Å². The lowest BCUT2D eigenvalue weighted by molar-refractivity contribution is 0.0741. The van der Waals surface area contributed by atoms with Crippen LogP contribution in [0.3, 0.4) is 0 Å². The molecule has 0 radical (unpaired) electrons. The van der Waals surface area contributed by atoms with Crippen LogP contribution in [0.25, 0.3) is 17.3 Å². The van der Waals surface area contributed by atoms with E-state index >= 15 is 0 Å². The molecule has 6 rings (SSSR count). The van der Waals surface area contributed by atoms with E-state index in [0.29, 0.717) is 52.9 Å². The first-order valence-corrected chi connectivity index (χ1v) is 15.4. The van der Waals surface area contributed by atoms with Gasteiger partial charge in [-0.1, -0.05) is 35.5 Å². The molecule has 210 valence electrons. The van der Waals surface area contributed by atoms with Crippen molar-refractivity contribution in [2.24, 2.45) is 0 Å². The summed E-state index contributed by atoms with van der Waals surface area (Å²) in [4.78, 5) is 22.1. The Morgan fingerprint density at radius 1 is 1.05 bits per heavy atom. The summed E-state index contributed by atoms with van der Waals surface area (Å²) in [5, 5.41) is 12.8. The number of hydrogen-bond donors (Lipinski definition) is 0. The molecule has 4 heterocycles. The van der Waals surface area contributed by atoms with Gasteiger partial charge >= 0.3 is 0 Å². The van der Waals surface area contributed by atoms with Crippen LogP contribution in [0.5, 0.6) is 5.75 Å². The fourth-order valence-corrected chi connectivity index (χ4v) is 6.53. The molecule has 5 aromatic rings. The number of anilines is 1. The van der Waals surface area contributed by atoms with Gasteiger partial charge in [-0.25, -0.2) is 4.98 Å². The molecule has 0 aliphatic carbocycles. The summed E-state index contributed by atoms with van der Waals surface area (Å²) < 4.78 is 13.3. The predicted octanol–water partition coefficient (Wildman–Crippen LogP) is 6.29. The molecule has 1 aliphatic rings. The summed E-state index contributed by atoms with van der Waals surface area (Å²) >= 11 is 9.10. The number of carbonyl (C=O) groups excluding carboxylic acids is 1. The van der Waals surface area contributed by atoms with Crippen molar-refractivity contribution >= 4 is 46.3 Å². The number of thioether (sulfide) groups is 1. The quantitative estimate of drug-likeness (QED) is 0.181. The van der Waals surface area contributed by atoms with E-state index in [1.165, 1.54) is 23.1 Å². The fourth-order valence-electron chi connectivity index (χ4n) is 4.66. The molecule has 0 atom stereocenters. The van der Waals surface area contributed by atoms with E-state index in [2.05, 4.69) is 26.1 Å². The minimum Gasteiger partial charge on any atom is -0.492 e. The molecule has 1 aliphatic heterocycles. The van der Waals surface area contributed by atoms with Gasteiger partial charge in [-0.05, 0) is 55.5 Å². The number of ether oxygens (including phenoxy) is 1. The Morgan fingerprint density at radius 3 is 2.61 bits per heavy atom. The van der Waals surface area contributed by atoms with Gasteiger partial charge in [0.15, 0.2) is 10.9 Å². The molecular weight excluding hydrogens is 580 g/mol. The number of hydrogen-bond acceptors (Lipinski definition) is 9. The lowest BCUT2D eigenvalue weighted by atomic mass is 10.2. The number of thiazole rings is 1. The van der Waals surface area contributed by atoms with Crippen molar-refractivity contribution in [2.75, 3.05) is 37.7 Å². The second kappa shape index (κ2) is 12.4. The van der Waals surface area contributed by atoms with Crippen LogP contribution < -0.4 is 9.64 Å². The van der Waals surface area contributed by atoms with Gasteiger partial charge in [-0.15, -0.1) is 21.5 Å². The molecule has 1 amide bonds. The molecular formula is C29H27ClN6O3S2. The number of rotatable bonds is 9. The molecule has 0 spiro atoms. The van der Waals surface area contributed by atoms with Crippen molar-refractivity contribution in [1.29, 1.82) is 0 Å². The monoisotopic (exact) mass is 606 g/mol. The molecule has 9 nitrogen and oxygen atoms in total. The van der Waals surface area contributed by atoms with Gasteiger partial charge in [0.25, 0.3) is 5.91 Å². The maximum Gasteiger partial charge on any atom is 0.273 e. The molecule has 1 fully saturated rings. The Bertz CT molecular complexity index is 1610. The van der Waals surface area contributed by atoms with Gasteiger partial charge < -0.3 is 19.0 Å². The maximum absolute atomic E-state index is 13.3. The average molecular weight is 607 g/mol. The normalized spacial score (nSPS) is 13.5. The van der Waals surface area contributed by atoms with Crippen LogP contribution in [0.4, 0.5) is 5.69 Å². The fraction of sp³-hybridized carbons (Fsp3) is 0.241. The van der Waals surface area contributed by atoms with Gasteiger partial charge in [0.2, 0.25) is 5.82 Å². The number of aromatic nitrogens is 4. The molecule has 41 heavy (non-hydrogen) atoms. The van der Waals surface area contributed by atoms with Gasteiger partial charge in [0, 0.05) is 42.3 Å². The summed E-state index contributed by atoms with van der Waals surface area (Å²) in [7, 11) is 0. The van der Waals surface area contributed by atoms with Crippen molar-refractivity contribution in [3.05, 3.63) is 88.0 Å². The molecule has 2 aromatic carbocycles. The topological polar surface area (TPSA) is 89.5 Å². The third kappa shape index (κ3) is 5.97. The van der Waals surface area contributed by atoms with E-state index in [9.17, 15) is 4.79 Å². The standard InChI is InChI=1S/C29H27ClN6O3S2/c1-2-38-24-7-4-3-6-23(24)34-13-15-35(16-14-34)28(37)22-18-40-26(31-22)19-41-29-33-32-27(25-8-5-17-39-25)36(29)21-11-9-20(30)10-12-21/h3-12,17-18H,2,13-16,19H2,1H3. The molecule has 12 heteroatoms. The highest BCUT2D eigenvalue weighted by molar-refractivity contribution is 7.98. The Morgan fingerprint density at radius 2 is 1.85 bits per heavy atom. The van der Waals surface area contributed by atoms with Crippen LogP contribution in [-0.4, -0.2) is 63.3 Å². The minimum absolute atomic E-state index is 0.0420. The largest absolute Gasteiger partial charge is 0.492 e. The smallest absolute Gasteiger partial charge is 0.273 e. The zero-order chi connectivity index (χ0) is 28.2. The number of nitrogens with zero attached hydrogens (tertiary/aromatic N) is 6. The van der Waals surface area contributed by atoms with Crippen molar-refractivity contribution < 1.29 is 13.9 Å². The van der Waals surface area contributed by atoms with Gasteiger partial charge in [0.1, 0.15) is 16.5 Å². The summed E-state index contributed by atoms with van der Waals surface area (Å²) in [5.74, 6) is 2.59. The Labute approximate surface area is 250 Å². The highest BCUT2D eigenvalue weighted by Crippen LogP contribution is 2.32. The summed E-state index contributed by atoms with van der Waals surface area (Å²) in [6.45, 7) is 5.32. The number of para-hydroxylation sites is 2. The predicted molar refractivity (Wildman–Crippen MR) is 161 cm³/mol. The lowest BCUT2D eigenvalue weighted by Gasteiger charge is -2.36. The average Bonchev–Trinajstić information content (AvgIpc) is 3.78. The lowest BCUT2D eigenvalue weighted by Crippen LogP contribution is -2.49. The van der Waals surface area contributed by atoms with Crippen molar-refractivity contribution in [3.63, 3.8) is 0 Å². The van der Waals surface area contributed by atoms with Crippen LogP contribution in [0.1, 0.15) is 22.4 Å². The van der Waals surface area contributed by atoms with Crippen molar-refractivity contribution in [1.82, 2.24) is 24.6 Å². The number of benzene rings is 2. The number of furan rings is 1. The Kier molecular flexibility index (Phi) is 8.26. The highest BCUT2D eigenvalue weighted by atomic mass is 35.5. The first kappa shape index (κ1) is 27.4. The third-order valence-corrected chi connectivity index (χ3v) is 8.85. The molecule has 3 aromatic heterocycles. The minimum atomic E-state index is -0.0420. The Hall–Kier alpha value is -3.80. The number of piperazine rings is 1. The zero-order valence-corrected chi connectivity index (χ0v) is 24.7.